The highest BCUT2D eigenvalue weighted by atomic mass is 16.2. The minimum absolute atomic E-state index is 0.00498. The molecular formula is C25H46N4O2. The maximum absolute atomic E-state index is 13.1. The van der Waals surface area contributed by atoms with Crippen molar-refractivity contribution in [1.29, 1.82) is 0 Å². The van der Waals surface area contributed by atoms with E-state index in [-0.39, 0.29) is 57.9 Å². The number of rotatable bonds is 4. The van der Waals surface area contributed by atoms with Crippen molar-refractivity contribution in [3.8, 4) is 0 Å². The average molecular weight is 435 g/mol. The molecule has 0 bridgehead atoms. The molecule has 3 fully saturated rings. The molecule has 31 heavy (non-hydrogen) atoms. The van der Waals surface area contributed by atoms with Crippen LogP contribution in [0, 0.1) is 11.8 Å². The number of nitrogens with one attached hydrogen (secondary N) is 3. The highest BCUT2D eigenvalue weighted by Gasteiger charge is 2.52. The van der Waals surface area contributed by atoms with Crippen molar-refractivity contribution in [2.45, 2.75) is 128 Å². The molecule has 2 atom stereocenters. The molecule has 1 aliphatic carbocycles. The smallest absolute Gasteiger partial charge is 0.225 e. The summed E-state index contributed by atoms with van der Waals surface area (Å²) in [6.45, 7) is 17.4. The molecule has 0 spiro atoms. The number of carbonyl (C=O) groups is 2. The van der Waals surface area contributed by atoms with E-state index in [9.17, 15) is 9.59 Å². The van der Waals surface area contributed by atoms with Crippen molar-refractivity contribution in [2.24, 2.45) is 11.8 Å². The fraction of sp³-hybridized carbons (Fsp3) is 0.920. The van der Waals surface area contributed by atoms with Crippen LogP contribution < -0.4 is 16.0 Å². The molecule has 6 heteroatoms. The Balaban J connectivity index is 1.49. The van der Waals surface area contributed by atoms with Crippen LogP contribution in [0.25, 0.3) is 0 Å². The third-order valence-corrected chi connectivity index (χ3v) is 8.63. The quantitative estimate of drug-likeness (QED) is 0.635. The SMILES string of the molecule is CN1C(C)(C)CC(C(=O)NC2CCC(NC(=O)C3CC(C)(C)NC3(C)C)CC2)C1(C)C. The maximum Gasteiger partial charge on any atom is 0.225 e. The lowest BCUT2D eigenvalue weighted by molar-refractivity contribution is -0.129. The molecule has 2 heterocycles. The van der Waals surface area contributed by atoms with Crippen LogP contribution in [-0.4, -0.2) is 58.0 Å². The molecule has 2 aliphatic heterocycles. The first kappa shape index (κ1) is 24.5. The Morgan fingerprint density at radius 2 is 1.23 bits per heavy atom. The van der Waals surface area contributed by atoms with Crippen LogP contribution in [0.5, 0.6) is 0 Å². The van der Waals surface area contributed by atoms with Gasteiger partial charge in [-0.3, -0.25) is 14.5 Å². The molecule has 1 saturated carbocycles. The summed E-state index contributed by atoms with van der Waals surface area (Å²) < 4.78 is 0. The largest absolute Gasteiger partial charge is 0.353 e. The second-order valence-corrected chi connectivity index (χ2v) is 12.8. The van der Waals surface area contributed by atoms with Crippen molar-refractivity contribution in [3.63, 3.8) is 0 Å². The average Bonchev–Trinajstić information content (AvgIpc) is 2.96. The summed E-state index contributed by atoms with van der Waals surface area (Å²) in [4.78, 5) is 28.4. The monoisotopic (exact) mass is 434 g/mol. The van der Waals surface area contributed by atoms with E-state index in [1.165, 1.54) is 0 Å². The van der Waals surface area contributed by atoms with Gasteiger partial charge in [0.05, 0.1) is 11.8 Å². The zero-order valence-corrected chi connectivity index (χ0v) is 21.3. The summed E-state index contributed by atoms with van der Waals surface area (Å²) in [6, 6.07) is 0.433. The number of amides is 2. The van der Waals surface area contributed by atoms with Gasteiger partial charge in [-0.2, -0.15) is 0 Å². The normalized spacial score (nSPS) is 36.2. The number of carbonyl (C=O) groups excluding carboxylic acids is 2. The zero-order valence-electron chi connectivity index (χ0n) is 21.3. The molecule has 2 saturated heterocycles. The Bertz CT molecular complexity index is 704. The van der Waals surface area contributed by atoms with Gasteiger partial charge in [0, 0.05) is 34.2 Å². The second-order valence-electron chi connectivity index (χ2n) is 12.8. The van der Waals surface area contributed by atoms with E-state index < -0.39 is 0 Å². The van der Waals surface area contributed by atoms with E-state index in [1.54, 1.807) is 0 Å². The number of likely N-dealkylation sites (tertiary alicyclic amines) is 1. The second kappa shape index (κ2) is 8.02. The summed E-state index contributed by atoms with van der Waals surface area (Å²) in [5.74, 6) is 0.361. The molecule has 0 aromatic carbocycles. The van der Waals surface area contributed by atoms with E-state index in [0.717, 1.165) is 38.5 Å². The van der Waals surface area contributed by atoms with Crippen LogP contribution in [0.4, 0.5) is 0 Å². The number of nitrogens with zero attached hydrogens (tertiary/aromatic N) is 1. The molecular weight excluding hydrogens is 388 g/mol. The Kier molecular flexibility index (Phi) is 6.34. The van der Waals surface area contributed by atoms with E-state index in [0.29, 0.717) is 0 Å². The van der Waals surface area contributed by atoms with Gasteiger partial charge in [-0.1, -0.05) is 0 Å². The minimum Gasteiger partial charge on any atom is -0.353 e. The van der Waals surface area contributed by atoms with Crippen LogP contribution in [0.15, 0.2) is 0 Å². The maximum atomic E-state index is 13.1. The topological polar surface area (TPSA) is 73.5 Å². The first-order valence-corrected chi connectivity index (χ1v) is 12.2. The van der Waals surface area contributed by atoms with Crippen LogP contribution >= 0.6 is 0 Å². The first-order chi connectivity index (χ1) is 14.1. The molecule has 3 aliphatic rings. The van der Waals surface area contributed by atoms with Gasteiger partial charge in [0.25, 0.3) is 0 Å². The van der Waals surface area contributed by atoms with E-state index in [2.05, 4.69) is 83.3 Å². The number of hydrogen-bond acceptors (Lipinski definition) is 4. The summed E-state index contributed by atoms with van der Waals surface area (Å²) >= 11 is 0. The third-order valence-electron chi connectivity index (χ3n) is 8.63. The van der Waals surface area contributed by atoms with Crippen LogP contribution in [-0.2, 0) is 9.59 Å². The van der Waals surface area contributed by atoms with Gasteiger partial charge in [0.15, 0.2) is 0 Å². The molecule has 0 radical (unpaired) electrons. The van der Waals surface area contributed by atoms with Crippen molar-refractivity contribution in [2.75, 3.05) is 7.05 Å². The molecule has 2 unspecified atom stereocenters. The fourth-order valence-electron chi connectivity index (χ4n) is 6.50. The lowest BCUT2D eigenvalue weighted by Gasteiger charge is -2.38. The summed E-state index contributed by atoms with van der Waals surface area (Å²) in [7, 11) is 2.13. The molecule has 0 aromatic heterocycles. The molecule has 3 N–H and O–H groups in total. The van der Waals surface area contributed by atoms with Gasteiger partial charge in [0.2, 0.25) is 11.8 Å². The van der Waals surface area contributed by atoms with Crippen molar-refractivity contribution in [3.05, 3.63) is 0 Å². The van der Waals surface area contributed by atoms with Crippen molar-refractivity contribution < 1.29 is 9.59 Å². The molecule has 0 aromatic rings. The van der Waals surface area contributed by atoms with Gasteiger partial charge in [-0.05, 0) is 101 Å². The highest BCUT2D eigenvalue weighted by molar-refractivity contribution is 5.81. The van der Waals surface area contributed by atoms with E-state index in [4.69, 9.17) is 0 Å². The summed E-state index contributed by atoms with van der Waals surface area (Å²) in [5, 5.41) is 10.3. The Hall–Kier alpha value is -1.14. The third kappa shape index (κ3) is 4.95. The van der Waals surface area contributed by atoms with Crippen LogP contribution in [0.1, 0.15) is 93.9 Å². The highest BCUT2D eigenvalue weighted by Crippen LogP contribution is 2.44. The lowest BCUT2D eigenvalue weighted by atomic mass is 9.84. The lowest BCUT2D eigenvalue weighted by Crippen LogP contribution is -2.52. The first-order valence-electron chi connectivity index (χ1n) is 12.2. The summed E-state index contributed by atoms with van der Waals surface area (Å²) in [6.07, 6.45) is 5.47. The Morgan fingerprint density at radius 1 is 0.774 bits per heavy atom. The van der Waals surface area contributed by atoms with E-state index in [1.807, 2.05) is 0 Å². The van der Waals surface area contributed by atoms with Crippen molar-refractivity contribution >= 4 is 11.8 Å². The molecule has 2 amide bonds. The standard InChI is InChI=1S/C25H46N4O2/c1-22(2)14-18(24(5,6)28-22)20(30)26-16-10-12-17(13-11-16)27-21(31)19-15-23(3,4)29(9)25(19,7)8/h16-19,28H,10-15H2,1-9H3,(H,26,30)(H,27,31). The Labute approximate surface area is 189 Å². The van der Waals surface area contributed by atoms with Gasteiger partial charge < -0.3 is 16.0 Å². The molecule has 178 valence electrons. The van der Waals surface area contributed by atoms with Crippen molar-refractivity contribution in [1.82, 2.24) is 20.9 Å². The predicted octanol–water partition coefficient (Wildman–Crippen LogP) is 3.21. The molecule has 3 rings (SSSR count). The Morgan fingerprint density at radius 3 is 1.58 bits per heavy atom. The zero-order chi connectivity index (χ0) is 23.4. The number of hydrogen-bond donors (Lipinski definition) is 3. The van der Waals surface area contributed by atoms with E-state index >= 15 is 0 Å². The van der Waals surface area contributed by atoms with Crippen LogP contribution in [0.3, 0.4) is 0 Å². The van der Waals surface area contributed by atoms with Gasteiger partial charge in [0.1, 0.15) is 0 Å². The summed E-state index contributed by atoms with van der Waals surface area (Å²) in [5.41, 5.74) is -0.308. The van der Waals surface area contributed by atoms with Crippen LogP contribution in [0.2, 0.25) is 0 Å². The van der Waals surface area contributed by atoms with Gasteiger partial charge in [-0.25, -0.2) is 0 Å². The fourth-order valence-corrected chi connectivity index (χ4v) is 6.50. The van der Waals surface area contributed by atoms with Gasteiger partial charge in [-0.15, -0.1) is 0 Å². The minimum atomic E-state index is -0.187. The van der Waals surface area contributed by atoms with Gasteiger partial charge >= 0.3 is 0 Å². The predicted molar refractivity (Wildman–Crippen MR) is 126 cm³/mol. The molecule has 6 nitrogen and oxygen atoms in total.